The van der Waals surface area contributed by atoms with E-state index >= 15 is 0 Å². The molecule has 0 saturated heterocycles. The predicted molar refractivity (Wildman–Crippen MR) is 64.1 cm³/mol. The number of benzene rings is 1. The van der Waals surface area contributed by atoms with Crippen LogP contribution < -0.4 is 5.73 Å². The molecule has 0 atom stereocenters. The first-order valence-corrected chi connectivity index (χ1v) is 7.23. The Morgan fingerprint density at radius 1 is 1.38 bits per heavy atom. The monoisotopic (exact) mass is 239 g/mol. The first-order chi connectivity index (χ1) is 7.54. The smallest absolute Gasteiger partial charge is 0.178 e. The lowest BCUT2D eigenvalue weighted by Gasteiger charge is -2.13. The number of nitrogens with two attached hydrogens (primary N) is 1. The zero-order valence-electron chi connectivity index (χ0n) is 9.44. The Morgan fingerprint density at radius 2 is 2.06 bits per heavy atom. The summed E-state index contributed by atoms with van der Waals surface area (Å²) in [6, 6.07) is 7.25. The SMILES string of the molecule is CCS(=O)(=O)c1cccc(C2(CN)CC2)c1. The molecule has 88 valence electrons. The highest BCUT2D eigenvalue weighted by Crippen LogP contribution is 2.47. The quantitative estimate of drug-likeness (QED) is 0.865. The first kappa shape index (κ1) is 11.6. The van der Waals surface area contributed by atoms with Crippen molar-refractivity contribution in [2.45, 2.75) is 30.1 Å². The molecule has 0 radical (unpaired) electrons. The fourth-order valence-electron chi connectivity index (χ4n) is 1.95. The van der Waals surface area contributed by atoms with E-state index in [-0.39, 0.29) is 11.2 Å². The van der Waals surface area contributed by atoms with Crippen molar-refractivity contribution < 1.29 is 8.42 Å². The average Bonchev–Trinajstić information content (AvgIpc) is 3.10. The molecule has 0 aliphatic heterocycles. The van der Waals surface area contributed by atoms with Crippen LogP contribution in [0.5, 0.6) is 0 Å². The van der Waals surface area contributed by atoms with Crippen molar-refractivity contribution in [1.29, 1.82) is 0 Å². The van der Waals surface area contributed by atoms with Crippen LogP contribution in [0.4, 0.5) is 0 Å². The van der Waals surface area contributed by atoms with Gasteiger partial charge in [0.2, 0.25) is 0 Å². The molecule has 1 saturated carbocycles. The highest BCUT2D eigenvalue weighted by atomic mass is 32.2. The van der Waals surface area contributed by atoms with Crippen LogP contribution in [-0.4, -0.2) is 20.7 Å². The maximum absolute atomic E-state index is 11.8. The Balaban J connectivity index is 2.42. The maximum atomic E-state index is 11.8. The summed E-state index contributed by atoms with van der Waals surface area (Å²) in [6.07, 6.45) is 2.14. The lowest BCUT2D eigenvalue weighted by Crippen LogP contribution is -2.20. The average molecular weight is 239 g/mol. The third kappa shape index (κ3) is 1.87. The second-order valence-corrected chi connectivity index (χ2v) is 6.69. The second-order valence-electron chi connectivity index (χ2n) is 4.42. The number of rotatable bonds is 4. The van der Waals surface area contributed by atoms with Crippen molar-refractivity contribution in [2.75, 3.05) is 12.3 Å². The van der Waals surface area contributed by atoms with Crippen LogP contribution in [-0.2, 0) is 15.3 Å². The van der Waals surface area contributed by atoms with Crippen LogP contribution in [0.15, 0.2) is 29.2 Å². The van der Waals surface area contributed by atoms with Gasteiger partial charge >= 0.3 is 0 Å². The summed E-state index contributed by atoms with van der Waals surface area (Å²) in [5.41, 5.74) is 6.87. The molecule has 1 aromatic carbocycles. The lowest BCUT2D eigenvalue weighted by atomic mass is 9.96. The first-order valence-electron chi connectivity index (χ1n) is 5.57. The molecule has 1 aromatic rings. The normalized spacial score (nSPS) is 18.4. The molecule has 1 fully saturated rings. The van der Waals surface area contributed by atoms with Gasteiger partial charge in [0.25, 0.3) is 0 Å². The van der Waals surface area contributed by atoms with Crippen molar-refractivity contribution in [2.24, 2.45) is 5.73 Å². The summed E-state index contributed by atoms with van der Waals surface area (Å²) in [6.45, 7) is 2.26. The summed E-state index contributed by atoms with van der Waals surface area (Å²) in [5, 5.41) is 0. The highest BCUT2D eigenvalue weighted by Gasteiger charge is 2.43. The lowest BCUT2D eigenvalue weighted by molar-refractivity contribution is 0.596. The van der Waals surface area contributed by atoms with E-state index in [1.807, 2.05) is 12.1 Å². The summed E-state index contributed by atoms with van der Waals surface area (Å²) >= 11 is 0. The molecule has 0 amide bonds. The summed E-state index contributed by atoms with van der Waals surface area (Å²) < 4.78 is 23.5. The van der Waals surface area contributed by atoms with E-state index in [2.05, 4.69) is 0 Å². The van der Waals surface area contributed by atoms with E-state index in [1.54, 1.807) is 19.1 Å². The maximum Gasteiger partial charge on any atom is 0.178 e. The minimum atomic E-state index is -3.10. The van der Waals surface area contributed by atoms with Crippen LogP contribution in [0, 0.1) is 0 Å². The number of hydrogen-bond acceptors (Lipinski definition) is 3. The molecule has 3 nitrogen and oxygen atoms in total. The van der Waals surface area contributed by atoms with Gasteiger partial charge in [-0.2, -0.15) is 0 Å². The van der Waals surface area contributed by atoms with Crippen LogP contribution in [0.25, 0.3) is 0 Å². The molecule has 0 unspecified atom stereocenters. The predicted octanol–water partition coefficient (Wildman–Crippen LogP) is 1.47. The molecule has 0 heterocycles. The topological polar surface area (TPSA) is 60.2 Å². The fourth-order valence-corrected chi connectivity index (χ4v) is 2.87. The van der Waals surface area contributed by atoms with Crippen molar-refractivity contribution in [3.8, 4) is 0 Å². The molecular formula is C12H17NO2S. The van der Waals surface area contributed by atoms with Gasteiger partial charge < -0.3 is 5.73 Å². The van der Waals surface area contributed by atoms with E-state index in [0.29, 0.717) is 11.4 Å². The number of hydrogen-bond donors (Lipinski definition) is 1. The fraction of sp³-hybridized carbons (Fsp3) is 0.500. The largest absolute Gasteiger partial charge is 0.330 e. The third-order valence-corrected chi connectivity index (χ3v) is 5.16. The van der Waals surface area contributed by atoms with E-state index in [0.717, 1.165) is 18.4 Å². The van der Waals surface area contributed by atoms with E-state index in [4.69, 9.17) is 5.73 Å². The van der Waals surface area contributed by atoms with Crippen LogP contribution in [0.3, 0.4) is 0 Å². The molecule has 1 aliphatic carbocycles. The van der Waals surface area contributed by atoms with Crippen molar-refractivity contribution >= 4 is 9.84 Å². The van der Waals surface area contributed by atoms with Gasteiger partial charge in [0.1, 0.15) is 0 Å². The van der Waals surface area contributed by atoms with Crippen LogP contribution in [0.2, 0.25) is 0 Å². The minimum absolute atomic E-state index is 0.0548. The molecule has 2 N–H and O–H groups in total. The Labute approximate surface area is 96.6 Å². The van der Waals surface area contributed by atoms with E-state index < -0.39 is 9.84 Å². The third-order valence-electron chi connectivity index (χ3n) is 3.43. The molecule has 2 rings (SSSR count). The molecule has 4 heteroatoms. The van der Waals surface area contributed by atoms with Crippen LogP contribution in [0.1, 0.15) is 25.3 Å². The number of sulfone groups is 1. The van der Waals surface area contributed by atoms with Gasteiger partial charge in [0.15, 0.2) is 9.84 Å². The van der Waals surface area contributed by atoms with Gasteiger partial charge in [-0.1, -0.05) is 19.1 Å². The minimum Gasteiger partial charge on any atom is -0.330 e. The Hall–Kier alpha value is -0.870. The van der Waals surface area contributed by atoms with Crippen molar-refractivity contribution in [1.82, 2.24) is 0 Å². The second kappa shape index (κ2) is 3.86. The van der Waals surface area contributed by atoms with Gasteiger partial charge in [-0.15, -0.1) is 0 Å². The highest BCUT2D eigenvalue weighted by molar-refractivity contribution is 7.91. The molecule has 0 aromatic heterocycles. The Kier molecular flexibility index (Phi) is 2.80. The zero-order valence-corrected chi connectivity index (χ0v) is 10.3. The Bertz CT molecular complexity index is 489. The zero-order chi connectivity index (χ0) is 11.8. The van der Waals surface area contributed by atoms with Gasteiger partial charge in [-0.05, 0) is 30.5 Å². The summed E-state index contributed by atoms with van der Waals surface area (Å²) in [7, 11) is -3.10. The van der Waals surface area contributed by atoms with Crippen molar-refractivity contribution in [3.05, 3.63) is 29.8 Å². The summed E-state index contributed by atoms with van der Waals surface area (Å²) in [5.74, 6) is 0.145. The molecular weight excluding hydrogens is 222 g/mol. The molecule has 0 bridgehead atoms. The molecule has 16 heavy (non-hydrogen) atoms. The molecule has 1 aliphatic rings. The van der Waals surface area contributed by atoms with E-state index in [9.17, 15) is 8.42 Å². The van der Waals surface area contributed by atoms with E-state index in [1.165, 1.54) is 0 Å². The van der Waals surface area contributed by atoms with Gasteiger partial charge in [0, 0.05) is 12.0 Å². The van der Waals surface area contributed by atoms with Gasteiger partial charge in [-0.25, -0.2) is 8.42 Å². The summed E-state index contributed by atoms with van der Waals surface area (Å²) in [4.78, 5) is 0.423. The molecule has 0 spiro atoms. The van der Waals surface area contributed by atoms with Gasteiger partial charge in [0.05, 0.1) is 10.6 Å². The van der Waals surface area contributed by atoms with Crippen LogP contribution >= 0.6 is 0 Å². The van der Waals surface area contributed by atoms with Crippen molar-refractivity contribution in [3.63, 3.8) is 0 Å². The van der Waals surface area contributed by atoms with Gasteiger partial charge in [-0.3, -0.25) is 0 Å². The standard InChI is InChI=1S/C12H17NO2S/c1-2-16(14,15)11-5-3-4-10(8-11)12(9-13)6-7-12/h3-5,8H,2,6-7,9,13H2,1H3. The Morgan fingerprint density at radius 3 is 2.56 bits per heavy atom.